The van der Waals surface area contributed by atoms with Gasteiger partial charge in [0.2, 0.25) is 13.4 Å². The predicted octanol–water partition coefficient (Wildman–Crippen LogP) is 19.3. The third kappa shape index (κ3) is 9.40. The first-order valence-electron chi connectivity index (χ1n) is 32.7. The maximum Gasteiger partial charge on any atom is 0.230 e. The number of nitrogens with zero attached hydrogens (tertiary/aromatic N) is 4. The molecule has 18 rings (SSSR count). The van der Waals surface area contributed by atoms with Crippen molar-refractivity contribution < 1.29 is 4.74 Å². The Morgan fingerprint density at radius 3 is 1.81 bits per heavy atom. The molecule has 5 unspecified atom stereocenters. The summed E-state index contributed by atoms with van der Waals surface area (Å²) in [6.45, 7) is 2.36. The zero-order valence-electron chi connectivity index (χ0n) is 51.5. The maximum absolute atomic E-state index is 7.42. The van der Waals surface area contributed by atoms with Gasteiger partial charge in [-0.3, -0.25) is 0 Å². The molecule has 7 aliphatic rings. The number of rotatable bonds is 11. The third-order valence-corrected chi connectivity index (χ3v) is 21.4. The molecule has 0 amide bonds. The van der Waals surface area contributed by atoms with Crippen LogP contribution in [0.4, 0.5) is 45.5 Å². The second kappa shape index (κ2) is 22.9. The zero-order valence-corrected chi connectivity index (χ0v) is 52.3. The molecule has 442 valence electrons. The normalized spacial score (nSPS) is 19.2. The summed E-state index contributed by atoms with van der Waals surface area (Å²) in [7, 11) is 0. The SMILES string of the molecule is Cc1cccc(-c2ccccc2)c1N1C2=CC3Sc4cc(N(c5ccc(-c6ccccc6)cc5)c5cccc(-c6ccccc6)c5)cc5c4B(c4ccccc4N5C4C=CC=CC4)C3C=C2B2c3ccccc3OC3=CC(N(c4ccccc4)c4ccccc4)=CC1C23. The van der Waals surface area contributed by atoms with Crippen LogP contribution in [-0.2, 0) is 0 Å². The minimum absolute atomic E-state index is 0.00484. The number of aryl methyl sites for hydroxylation is 1. The van der Waals surface area contributed by atoms with Crippen molar-refractivity contribution in [2.75, 3.05) is 19.6 Å². The second-order valence-electron chi connectivity index (χ2n) is 25.4. The van der Waals surface area contributed by atoms with Crippen molar-refractivity contribution in [3.63, 3.8) is 0 Å². The van der Waals surface area contributed by atoms with Crippen LogP contribution in [0, 0.1) is 6.92 Å². The molecule has 1 saturated heterocycles. The van der Waals surface area contributed by atoms with Gasteiger partial charge in [-0.05, 0) is 154 Å². The number of hydrogen-bond acceptors (Lipinski definition) is 6. The molecule has 0 bridgehead atoms. The molecule has 5 nitrogen and oxygen atoms in total. The highest BCUT2D eigenvalue weighted by atomic mass is 32.2. The van der Waals surface area contributed by atoms with Crippen LogP contribution in [0.15, 0.2) is 355 Å². The van der Waals surface area contributed by atoms with Crippen molar-refractivity contribution in [3.8, 4) is 39.1 Å². The average Bonchev–Trinajstić information content (AvgIpc) is 0.697. The van der Waals surface area contributed by atoms with Gasteiger partial charge in [-0.25, -0.2) is 0 Å². The minimum Gasteiger partial charge on any atom is -0.463 e. The van der Waals surface area contributed by atoms with Gasteiger partial charge in [-0.15, -0.1) is 11.8 Å². The number of fused-ring (bicyclic) bond motifs is 8. The van der Waals surface area contributed by atoms with Crippen LogP contribution in [0.25, 0.3) is 33.4 Å². The van der Waals surface area contributed by atoms with Crippen LogP contribution in [0.3, 0.4) is 0 Å². The Kier molecular flexibility index (Phi) is 13.6. The van der Waals surface area contributed by atoms with Crippen molar-refractivity contribution in [2.24, 2.45) is 0 Å². The molecule has 0 radical (unpaired) electrons. The largest absolute Gasteiger partial charge is 0.463 e. The molecule has 11 aromatic rings. The molecule has 0 aromatic heterocycles. The highest BCUT2D eigenvalue weighted by Gasteiger charge is 2.57. The number of allylic oxidation sites excluding steroid dienone is 5. The van der Waals surface area contributed by atoms with E-state index in [2.05, 4.69) is 366 Å². The number of hydrogen-bond donors (Lipinski definition) is 0. The summed E-state index contributed by atoms with van der Waals surface area (Å²) >= 11 is 2.06. The van der Waals surface area contributed by atoms with Gasteiger partial charge in [0.1, 0.15) is 11.5 Å². The Balaban J connectivity index is 0.877. The standard InChI is InChI=1S/C85H64B2N4OS/c1-57-26-24-41-70(61-31-12-4-13-32-61)85(57)91-76-56-81-74(55-73(76)87-72-43-21-23-45-79(72)92-80-53-68(51-77(91)83(80)87)88(63-34-14-5-15-35-63)64-36-16-6-17-37-64)86-71-42-20-22-44-75(71)90(65-38-18-7-19-39-65)78-52-69(54-82(93-81)84(78)86)89(66-48-46-60(47-49-66)58-27-8-2-9-28-58)67-40-25-33-62(50-67)59-29-10-3-11-30-59/h2-38,40-56,65,74,77,81,83H,39H2,1H3. The Bertz CT molecular complexity index is 4880. The smallest absolute Gasteiger partial charge is 0.230 e. The van der Waals surface area contributed by atoms with E-state index in [0.29, 0.717) is 0 Å². The molecule has 4 aliphatic heterocycles. The van der Waals surface area contributed by atoms with Gasteiger partial charge in [0.25, 0.3) is 0 Å². The first-order chi connectivity index (χ1) is 46.1. The molecule has 11 aromatic carbocycles. The summed E-state index contributed by atoms with van der Waals surface area (Å²) in [4.78, 5) is 11.7. The van der Waals surface area contributed by atoms with E-state index in [-0.39, 0.29) is 42.4 Å². The lowest BCUT2D eigenvalue weighted by atomic mass is 9.25. The topological polar surface area (TPSA) is 22.2 Å². The lowest BCUT2D eigenvalue weighted by Gasteiger charge is -2.54. The van der Waals surface area contributed by atoms with Gasteiger partial charge in [0.15, 0.2) is 0 Å². The van der Waals surface area contributed by atoms with E-state index >= 15 is 0 Å². The Morgan fingerprint density at radius 1 is 0.473 bits per heavy atom. The molecule has 1 fully saturated rings. The van der Waals surface area contributed by atoms with Crippen molar-refractivity contribution in [1.29, 1.82) is 0 Å². The van der Waals surface area contributed by atoms with Gasteiger partial charge in [0, 0.05) is 72.7 Å². The monoisotopic (exact) mass is 1210 g/mol. The highest BCUT2D eigenvalue weighted by Crippen LogP contribution is 2.58. The quantitative estimate of drug-likeness (QED) is 0.120. The van der Waals surface area contributed by atoms with E-state index in [1.807, 2.05) is 0 Å². The highest BCUT2D eigenvalue weighted by molar-refractivity contribution is 8.00. The molecule has 4 heterocycles. The first kappa shape index (κ1) is 55.2. The number of para-hydroxylation sites is 5. The Morgan fingerprint density at radius 2 is 1.09 bits per heavy atom. The molecule has 0 saturated carbocycles. The minimum atomic E-state index is -0.161. The summed E-state index contributed by atoms with van der Waals surface area (Å²) in [6, 6.07) is 103. The van der Waals surface area contributed by atoms with Crippen LogP contribution in [-0.4, -0.2) is 30.8 Å². The Labute approximate surface area is 550 Å². The van der Waals surface area contributed by atoms with Crippen LogP contribution < -0.4 is 40.7 Å². The Hall–Kier alpha value is -10.7. The van der Waals surface area contributed by atoms with Crippen LogP contribution >= 0.6 is 11.8 Å². The van der Waals surface area contributed by atoms with Gasteiger partial charge in [-0.2, -0.15) is 0 Å². The average molecular weight is 1210 g/mol. The summed E-state index contributed by atoms with van der Waals surface area (Å²) in [5, 5.41) is 0.0481. The summed E-state index contributed by atoms with van der Waals surface area (Å²) < 4.78 is 7.42. The lowest BCUT2D eigenvalue weighted by molar-refractivity contribution is 0.383. The third-order valence-electron chi connectivity index (χ3n) is 20.1. The van der Waals surface area contributed by atoms with Crippen molar-refractivity contribution in [2.45, 2.75) is 47.2 Å². The fourth-order valence-electron chi connectivity index (χ4n) is 16.2. The summed E-state index contributed by atoms with van der Waals surface area (Å²) in [5.41, 5.74) is 25.4. The van der Waals surface area contributed by atoms with Crippen molar-refractivity contribution in [1.82, 2.24) is 0 Å². The fraction of sp³-hybridized carbons (Fsp3) is 0.0824. The number of ether oxygens (including phenoxy) is 1. The van der Waals surface area contributed by atoms with Gasteiger partial charge in [-0.1, -0.05) is 248 Å². The van der Waals surface area contributed by atoms with E-state index in [0.717, 1.165) is 52.1 Å². The predicted molar refractivity (Wildman–Crippen MR) is 392 cm³/mol. The molecule has 93 heavy (non-hydrogen) atoms. The van der Waals surface area contributed by atoms with Gasteiger partial charge >= 0.3 is 0 Å². The number of anilines is 8. The second-order valence-corrected chi connectivity index (χ2v) is 26.6. The molecule has 5 atom stereocenters. The fourth-order valence-corrected chi connectivity index (χ4v) is 17.6. The number of thioether (sulfide) groups is 1. The molecule has 3 aliphatic carbocycles. The van der Waals surface area contributed by atoms with E-state index in [4.69, 9.17) is 4.74 Å². The summed E-state index contributed by atoms with van der Waals surface area (Å²) in [5.74, 6) is 1.95. The van der Waals surface area contributed by atoms with Gasteiger partial charge in [0.05, 0.1) is 17.8 Å². The maximum atomic E-state index is 7.42. The van der Waals surface area contributed by atoms with Crippen molar-refractivity contribution >= 4 is 87.1 Å². The van der Waals surface area contributed by atoms with Crippen LogP contribution in [0.5, 0.6) is 5.75 Å². The first-order valence-corrected chi connectivity index (χ1v) is 33.6. The van der Waals surface area contributed by atoms with E-state index in [1.165, 1.54) is 88.5 Å². The van der Waals surface area contributed by atoms with Gasteiger partial charge < -0.3 is 24.3 Å². The van der Waals surface area contributed by atoms with Crippen LogP contribution in [0.2, 0.25) is 11.6 Å². The van der Waals surface area contributed by atoms with Crippen LogP contribution in [0.1, 0.15) is 12.0 Å². The molecule has 0 N–H and O–H groups in total. The molecular formula is C85H64B2N4OS. The number of benzene rings is 11. The molecular weight excluding hydrogens is 1150 g/mol. The van der Waals surface area contributed by atoms with E-state index in [1.54, 1.807) is 0 Å². The molecule has 8 heteroatoms. The van der Waals surface area contributed by atoms with E-state index < -0.39 is 0 Å². The summed E-state index contributed by atoms with van der Waals surface area (Å²) in [6.07, 6.45) is 20.5. The zero-order chi connectivity index (χ0) is 61.5. The molecule has 0 spiro atoms. The van der Waals surface area contributed by atoms with Crippen molar-refractivity contribution in [3.05, 3.63) is 356 Å². The lowest BCUT2D eigenvalue weighted by Crippen LogP contribution is -2.62. The van der Waals surface area contributed by atoms with E-state index in [9.17, 15) is 0 Å².